The number of nitrogens with zero attached hydrogens (tertiary/aromatic N) is 2. The Bertz CT molecular complexity index is 392. The van der Waals surface area contributed by atoms with Crippen molar-refractivity contribution in [3.63, 3.8) is 0 Å². The number of hydrogen-bond acceptors (Lipinski definition) is 1. The number of hydrogen-bond donors (Lipinski definition) is 1. The molecule has 2 N–H and O–H groups in total. The Morgan fingerprint density at radius 3 is 1.94 bits per heavy atom. The first kappa shape index (κ1) is 14.9. The van der Waals surface area contributed by atoms with Crippen molar-refractivity contribution in [2.45, 2.75) is 58.0 Å². The van der Waals surface area contributed by atoms with Gasteiger partial charge in [-0.25, -0.2) is 0 Å². The second-order valence-electron chi connectivity index (χ2n) is 5.74. The van der Waals surface area contributed by atoms with Gasteiger partial charge in [0.1, 0.15) is 0 Å². The van der Waals surface area contributed by atoms with E-state index in [0.717, 1.165) is 0 Å². The van der Waals surface area contributed by atoms with E-state index in [0.29, 0.717) is 6.04 Å². The smallest absolute Gasteiger partial charge is 0.00388 e. The molecule has 0 atom stereocenters. The number of aromatic nitrogens is 2. The SMILES string of the molecule is Cn1ccn(C(C)(C)C)[c]1=[Pt].NC1CCCC1. The Labute approximate surface area is 115 Å². The molecule has 1 saturated carbocycles. The number of rotatable bonds is 0. The van der Waals surface area contributed by atoms with Crippen LogP contribution in [0.4, 0.5) is 0 Å². The molecule has 0 aliphatic heterocycles. The molecule has 0 radical (unpaired) electrons. The minimum Gasteiger partial charge on any atom is -0.328 e. The van der Waals surface area contributed by atoms with E-state index in [1.807, 2.05) is 0 Å². The van der Waals surface area contributed by atoms with Gasteiger partial charge in [-0.3, -0.25) is 0 Å². The summed E-state index contributed by atoms with van der Waals surface area (Å²) in [5.74, 6) is 0. The summed E-state index contributed by atoms with van der Waals surface area (Å²) in [6.45, 7) is 6.61. The van der Waals surface area contributed by atoms with Crippen LogP contribution >= 0.6 is 0 Å². The maximum atomic E-state index is 5.53. The molecule has 0 aromatic carbocycles. The van der Waals surface area contributed by atoms with E-state index in [4.69, 9.17) is 5.73 Å². The zero-order valence-corrected chi connectivity index (χ0v) is 13.6. The van der Waals surface area contributed by atoms with E-state index >= 15 is 0 Å². The first-order valence-electron chi connectivity index (χ1n) is 6.28. The minimum atomic E-state index is 0.193. The van der Waals surface area contributed by atoms with Gasteiger partial charge in [0.2, 0.25) is 0 Å². The van der Waals surface area contributed by atoms with Crippen molar-refractivity contribution in [2.75, 3.05) is 0 Å². The first-order chi connectivity index (χ1) is 7.82. The van der Waals surface area contributed by atoms with Crippen LogP contribution in [-0.4, -0.2) is 15.2 Å². The van der Waals surface area contributed by atoms with Gasteiger partial charge in [-0.05, 0) is 12.8 Å². The number of aryl methyl sites for hydroxylation is 1. The molecule has 1 aromatic rings. The zero-order chi connectivity index (χ0) is 13.1. The number of nitrogens with two attached hydrogens (primary N) is 1. The molecule has 0 bridgehead atoms. The predicted octanol–water partition coefficient (Wildman–Crippen LogP) is 2.55. The second kappa shape index (κ2) is 6.15. The Hall–Kier alpha value is -0.142. The Balaban J connectivity index is 0.000000202. The molecule has 1 aliphatic carbocycles. The van der Waals surface area contributed by atoms with Crippen molar-refractivity contribution in [3.05, 3.63) is 16.2 Å². The van der Waals surface area contributed by atoms with Crippen LogP contribution in [0.2, 0.25) is 0 Å². The van der Waals surface area contributed by atoms with Gasteiger partial charge >= 0.3 is 78.0 Å². The van der Waals surface area contributed by atoms with Gasteiger partial charge in [-0.1, -0.05) is 12.8 Å². The van der Waals surface area contributed by atoms with E-state index in [9.17, 15) is 0 Å². The van der Waals surface area contributed by atoms with Crippen LogP contribution in [0.25, 0.3) is 0 Å². The summed E-state index contributed by atoms with van der Waals surface area (Å²) >= 11 is 2.33. The average molecular weight is 418 g/mol. The molecular weight excluding hydrogens is 393 g/mol. The molecule has 0 saturated heterocycles. The summed E-state index contributed by atoms with van der Waals surface area (Å²) in [5, 5.41) is 0. The quantitative estimate of drug-likeness (QED) is 0.691. The van der Waals surface area contributed by atoms with E-state index < -0.39 is 0 Å². The Morgan fingerprint density at radius 2 is 1.76 bits per heavy atom. The van der Waals surface area contributed by atoms with Gasteiger partial charge in [0, 0.05) is 6.04 Å². The maximum Gasteiger partial charge on any atom is 0.00388 e. The molecule has 0 spiro atoms. The normalized spacial score (nSPS) is 16.9. The fraction of sp³-hybridized carbons (Fsp3) is 0.769. The van der Waals surface area contributed by atoms with E-state index in [1.165, 1.54) is 29.5 Å². The van der Waals surface area contributed by atoms with E-state index in [2.05, 4.69) is 68.7 Å². The summed E-state index contributed by atoms with van der Waals surface area (Å²) in [6.07, 6.45) is 9.44. The van der Waals surface area contributed by atoms with Gasteiger partial charge in [0.25, 0.3) is 0 Å². The fourth-order valence-electron chi connectivity index (χ4n) is 1.89. The summed E-state index contributed by atoms with van der Waals surface area (Å²) in [5.41, 5.74) is 5.73. The third kappa shape index (κ3) is 4.55. The molecule has 0 unspecified atom stereocenters. The predicted molar refractivity (Wildman–Crippen MR) is 68.1 cm³/mol. The summed E-state index contributed by atoms with van der Waals surface area (Å²) in [7, 11) is 2.06. The first-order valence-corrected chi connectivity index (χ1v) is 7.41. The number of imidazole rings is 1. The van der Waals surface area contributed by atoms with Crippen LogP contribution in [0.3, 0.4) is 0 Å². The maximum absolute atomic E-state index is 5.53. The largest absolute Gasteiger partial charge is 0.328 e. The average Bonchev–Trinajstić information content (AvgIpc) is 2.78. The van der Waals surface area contributed by atoms with Crippen LogP contribution in [0.5, 0.6) is 0 Å². The van der Waals surface area contributed by atoms with Gasteiger partial charge in [-0.15, -0.1) is 0 Å². The third-order valence-electron chi connectivity index (χ3n) is 3.02. The van der Waals surface area contributed by atoms with Crippen LogP contribution in [0.1, 0.15) is 46.5 Å². The molecule has 17 heavy (non-hydrogen) atoms. The van der Waals surface area contributed by atoms with Gasteiger partial charge in [0.05, 0.1) is 0 Å². The molecule has 1 fully saturated rings. The fourth-order valence-corrected chi connectivity index (χ4v) is 2.99. The molecule has 1 heterocycles. The Morgan fingerprint density at radius 1 is 1.24 bits per heavy atom. The third-order valence-corrected chi connectivity index (χ3v) is 4.36. The standard InChI is InChI=1S/C8H14N2.C5H11N.Pt/c1-8(2,3)10-6-5-9(4)7-10;6-5-3-1-2-4-5;/h5-6H,1-4H3;5H,1-4,6H2;. The summed E-state index contributed by atoms with van der Waals surface area (Å²) in [6, 6.07) is 0.546. The van der Waals surface area contributed by atoms with Crippen LogP contribution in [-0.2, 0) is 31.9 Å². The molecule has 1 aromatic heterocycles. The zero-order valence-electron chi connectivity index (χ0n) is 11.3. The van der Waals surface area contributed by atoms with Crippen LogP contribution in [0, 0.1) is 3.80 Å². The van der Waals surface area contributed by atoms with E-state index in [-0.39, 0.29) is 5.54 Å². The van der Waals surface area contributed by atoms with Gasteiger partial charge in [0.15, 0.2) is 0 Å². The molecule has 102 valence electrons. The molecule has 2 rings (SSSR count). The van der Waals surface area contributed by atoms with Crippen LogP contribution < -0.4 is 5.73 Å². The molecule has 3 nitrogen and oxygen atoms in total. The topological polar surface area (TPSA) is 35.9 Å². The molecular formula is C13H25N3Pt. The van der Waals surface area contributed by atoms with Crippen molar-refractivity contribution in [1.82, 2.24) is 9.13 Å². The molecule has 4 heteroatoms. The molecule has 1 aliphatic rings. The second-order valence-corrected chi connectivity index (χ2v) is 6.75. The minimum absolute atomic E-state index is 0.193. The van der Waals surface area contributed by atoms with Crippen LogP contribution in [0.15, 0.2) is 12.4 Å². The van der Waals surface area contributed by atoms with Gasteiger partial charge < -0.3 is 5.73 Å². The van der Waals surface area contributed by atoms with Crippen molar-refractivity contribution in [2.24, 2.45) is 12.8 Å². The molecule has 0 amide bonds. The van der Waals surface area contributed by atoms with E-state index in [1.54, 1.807) is 0 Å². The summed E-state index contributed by atoms with van der Waals surface area (Å²) < 4.78 is 5.64. The van der Waals surface area contributed by atoms with Crippen molar-refractivity contribution < 1.29 is 19.4 Å². The summed E-state index contributed by atoms with van der Waals surface area (Å²) in [4.78, 5) is 0. The monoisotopic (exact) mass is 418 g/mol. The van der Waals surface area contributed by atoms with Crippen molar-refractivity contribution in [3.8, 4) is 0 Å². The van der Waals surface area contributed by atoms with Crippen molar-refractivity contribution in [1.29, 1.82) is 0 Å². The Kier molecular flexibility index (Phi) is 5.40. The van der Waals surface area contributed by atoms with Gasteiger partial charge in [-0.2, -0.15) is 0 Å². The van der Waals surface area contributed by atoms with Crippen molar-refractivity contribution >= 4 is 0 Å².